The molecule has 7 heteroatoms. The van der Waals surface area contributed by atoms with Crippen molar-refractivity contribution in [2.24, 2.45) is 5.92 Å². The molecule has 3 fully saturated rings. The zero-order chi connectivity index (χ0) is 24.2. The van der Waals surface area contributed by atoms with Gasteiger partial charge in [-0.25, -0.2) is 0 Å². The van der Waals surface area contributed by atoms with E-state index >= 15 is 0 Å². The number of rotatable bonds is 6. The van der Waals surface area contributed by atoms with Crippen molar-refractivity contribution in [3.63, 3.8) is 0 Å². The topological polar surface area (TPSA) is 87.9 Å². The molecular weight excluding hydrogens is 440 g/mol. The number of ether oxygens (including phenoxy) is 1. The minimum atomic E-state index is -0.583. The molecule has 7 nitrogen and oxygen atoms in total. The SMILES string of the molecule is Nc1ccc(N2CCC(CN3CCC(c4ccc(OC5CCC(=O)NC5=O)cc4)CC3)CC2)cc1. The Bertz CT molecular complexity index is 1010. The Morgan fingerprint density at radius 2 is 1.54 bits per heavy atom. The summed E-state index contributed by atoms with van der Waals surface area (Å²) in [5.41, 5.74) is 9.28. The molecule has 3 N–H and O–H groups in total. The van der Waals surface area contributed by atoms with Crippen LogP contribution in [0.25, 0.3) is 0 Å². The lowest BCUT2D eigenvalue weighted by Crippen LogP contribution is -2.46. The first-order chi connectivity index (χ1) is 17.0. The van der Waals surface area contributed by atoms with Gasteiger partial charge in [-0.3, -0.25) is 14.9 Å². The Morgan fingerprint density at radius 3 is 2.20 bits per heavy atom. The number of amides is 2. The van der Waals surface area contributed by atoms with Gasteiger partial charge in [-0.2, -0.15) is 0 Å². The van der Waals surface area contributed by atoms with Crippen LogP contribution in [-0.4, -0.2) is 55.5 Å². The zero-order valence-electron chi connectivity index (χ0n) is 20.3. The van der Waals surface area contributed by atoms with E-state index in [-0.39, 0.29) is 11.8 Å². The smallest absolute Gasteiger partial charge is 0.267 e. The molecule has 0 bridgehead atoms. The molecule has 2 aromatic carbocycles. The second-order valence-corrected chi connectivity index (χ2v) is 10.2. The zero-order valence-corrected chi connectivity index (χ0v) is 20.3. The minimum absolute atomic E-state index is 0.222. The quantitative estimate of drug-likeness (QED) is 0.490. The predicted molar refractivity (Wildman–Crippen MR) is 137 cm³/mol. The Kier molecular flexibility index (Phi) is 7.23. The van der Waals surface area contributed by atoms with Gasteiger partial charge in [-0.05, 0) is 92.6 Å². The summed E-state index contributed by atoms with van der Waals surface area (Å²) in [4.78, 5) is 28.4. The summed E-state index contributed by atoms with van der Waals surface area (Å²) >= 11 is 0. The highest BCUT2D eigenvalue weighted by Gasteiger charge is 2.29. The molecule has 3 aliphatic heterocycles. The fraction of sp³-hybridized carbons (Fsp3) is 0.500. The number of nitrogens with two attached hydrogens (primary N) is 1. The van der Waals surface area contributed by atoms with E-state index in [1.807, 2.05) is 24.3 Å². The molecule has 0 spiro atoms. The average molecular weight is 477 g/mol. The van der Waals surface area contributed by atoms with Crippen LogP contribution in [0, 0.1) is 5.92 Å². The van der Waals surface area contributed by atoms with E-state index in [0.717, 1.165) is 37.8 Å². The number of nitrogen functional groups attached to an aromatic ring is 1. The summed E-state index contributed by atoms with van der Waals surface area (Å²) in [6.45, 7) is 5.76. The van der Waals surface area contributed by atoms with E-state index in [2.05, 4.69) is 39.4 Å². The summed E-state index contributed by atoms with van der Waals surface area (Å²) in [6, 6.07) is 16.4. The second kappa shape index (κ2) is 10.7. The molecule has 3 saturated heterocycles. The highest BCUT2D eigenvalue weighted by molar-refractivity contribution is 5.99. The number of likely N-dealkylation sites (tertiary alicyclic amines) is 1. The molecule has 0 aromatic heterocycles. The van der Waals surface area contributed by atoms with Crippen molar-refractivity contribution in [3.05, 3.63) is 54.1 Å². The van der Waals surface area contributed by atoms with E-state index in [1.165, 1.54) is 43.5 Å². The average Bonchev–Trinajstić information content (AvgIpc) is 2.88. The lowest BCUT2D eigenvalue weighted by Gasteiger charge is -2.38. The number of imide groups is 1. The molecule has 35 heavy (non-hydrogen) atoms. The Hall–Kier alpha value is -3.06. The molecule has 2 aromatic rings. The molecule has 2 amide bonds. The van der Waals surface area contributed by atoms with E-state index < -0.39 is 6.10 Å². The van der Waals surface area contributed by atoms with Gasteiger partial charge in [0.05, 0.1) is 0 Å². The van der Waals surface area contributed by atoms with Crippen molar-refractivity contribution in [1.82, 2.24) is 10.2 Å². The van der Waals surface area contributed by atoms with Gasteiger partial charge in [0.1, 0.15) is 5.75 Å². The number of nitrogens with zero attached hydrogens (tertiary/aromatic N) is 2. The fourth-order valence-corrected chi connectivity index (χ4v) is 5.64. The Morgan fingerprint density at radius 1 is 0.857 bits per heavy atom. The lowest BCUT2D eigenvalue weighted by molar-refractivity contribution is -0.138. The van der Waals surface area contributed by atoms with Gasteiger partial charge in [-0.15, -0.1) is 0 Å². The maximum atomic E-state index is 11.9. The number of carbonyl (C=O) groups excluding carboxylic acids is 2. The number of hydrogen-bond donors (Lipinski definition) is 2. The molecule has 1 unspecified atom stereocenters. The molecular formula is C28H36N4O3. The summed E-state index contributed by atoms with van der Waals surface area (Å²) < 4.78 is 5.82. The van der Waals surface area contributed by atoms with Gasteiger partial charge in [-0.1, -0.05) is 12.1 Å². The van der Waals surface area contributed by atoms with Crippen LogP contribution < -0.4 is 20.7 Å². The van der Waals surface area contributed by atoms with Gasteiger partial charge in [0.15, 0.2) is 6.10 Å². The second-order valence-electron chi connectivity index (χ2n) is 10.2. The minimum Gasteiger partial charge on any atom is -0.481 e. The van der Waals surface area contributed by atoms with Crippen LogP contribution >= 0.6 is 0 Å². The Labute approximate surface area is 207 Å². The highest BCUT2D eigenvalue weighted by atomic mass is 16.5. The van der Waals surface area contributed by atoms with Gasteiger partial charge < -0.3 is 20.3 Å². The normalized spacial score (nSPS) is 22.7. The van der Waals surface area contributed by atoms with Crippen molar-refractivity contribution in [2.75, 3.05) is 43.4 Å². The maximum Gasteiger partial charge on any atom is 0.267 e. The van der Waals surface area contributed by atoms with Crippen molar-refractivity contribution in [2.45, 2.75) is 50.5 Å². The van der Waals surface area contributed by atoms with Gasteiger partial charge >= 0.3 is 0 Å². The molecule has 1 atom stereocenters. The standard InChI is InChI=1S/C28H36N4O3/c29-23-3-5-24(6-4-23)32-17-11-20(12-18-32)19-31-15-13-22(14-16-31)21-1-7-25(8-2-21)35-26-9-10-27(33)30-28(26)34/h1-8,20,22,26H,9-19,29H2,(H,30,33,34). The van der Waals surface area contributed by atoms with Crippen LogP contribution in [0.1, 0.15) is 50.0 Å². The van der Waals surface area contributed by atoms with Crippen LogP contribution in [0.15, 0.2) is 48.5 Å². The van der Waals surface area contributed by atoms with Crippen LogP contribution in [-0.2, 0) is 9.59 Å². The number of hydrogen-bond acceptors (Lipinski definition) is 6. The molecule has 3 heterocycles. The largest absolute Gasteiger partial charge is 0.481 e. The summed E-state index contributed by atoms with van der Waals surface area (Å²) in [6.07, 6.45) is 5.04. The molecule has 0 aliphatic carbocycles. The van der Waals surface area contributed by atoms with Gasteiger partial charge in [0, 0.05) is 43.9 Å². The number of carbonyl (C=O) groups is 2. The molecule has 5 rings (SSSR count). The molecule has 3 aliphatic rings. The lowest BCUT2D eigenvalue weighted by atomic mass is 9.88. The predicted octanol–water partition coefficient (Wildman–Crippen LogP) is 3.55. The van der Waals surface area contributed by atoms with E-state index in [1.54, 1.807) is 0 Å². The number of anilines is 2. The fourth-order valence-electron chi connectivity index (χ4n) is 5.64. The third kappa shape index (κ3) is 5.96. The van der Waals surface area contributed by atoms with Crippen molar-refractivity contribution in [3.8, 4) is 5.75 Å². The highest BCUT2D eigenvalue weighted by Crippen LogP contribution is 2.31. The van der Waals surface area contributed by atoms with Crippen molar-refractivity contribution >= 4 is 23.2 Å². The third-order valence-electron chi connectivity index (χ3n) is 7.80. The van der Waals surface area contributed by atoms with Crippen molar-refractivity contribution < 1.29 is 14.3 Å². The van der Waals surface area contributed by atoms with E-state index in [0.29, 0.717) is 24.5 Å². The van der Waals surface area contributed by atoms with Gasteiger partial charge in [0.25, 0.3) is 5.91 Å². The van der Waals surface area contributed by atoms with Gasteiger partial charge in [0.2, 0.25) is 5.91 Å². The number of benzene rings is 2. The maximum absolute atomic E-state index is 11.9. The number of piperidine rings is 3. The third-order valence-corrected chi connectivity index (χ3v) is 7.80. The Balaban J connectivity index is 1.05. The van der Waals surface area contributed by atoms with Crippen molar-refractivity contribution in [1.29, 1.82) is 0 Å². The van der Waals surface area contributed by atoms with E-state index in [9.17, 15) is 9.59 Å². The van der Waals surface area contributed by atoms with E-state index in [4.69, 9.17) is 10.5 Å². The molecule has 186 valence electrons. The summed E-state index contributed by atoms with van der Waals surface area (Å²) in [5.74, 6) is 1.48. The summed E-state index contributed by atoms with van der Waals surface area (Å²) in [5, 5.41) is 2.34. The van der Waals surface area contributed by atoms with Crippen LogP contribution in [0.2, 0.25) is 0 Å². The van der Waals surface area contributed by atoms with Crippen LogP contribution in [0.3, 0.4) is 0 Å². The molecule has 0 radical (unpaired) electrons. The first-order valence-electron chi connectivity index (χ1n) is 13.0. The number of nitrogens with one attached hydrogen (secondary N) is 1. The monoisotopic (exact) mass is 476 g/mol. The first-order valence-corrected chi connectivity index (χ1v) is 13.0. The summed E-state index contributed by atoms with van der Waals surface area (Å²) in [7, 11) is 0. The van der Waals surface area contributed by atoms with Crippen LogP contribution in [0.5, 0.6) is 5.75 Å². The molecule has 0 saturated carbocycles. The van der Waals surface area contributed by atoms with Crippen LogP contribution in [0.4, 0.5) is 11.4 Å². The first kappa shape index (κ1) is 23.7.